The topological polar surface area (TPSA) is 95.7 Å². The van der Waals surface area contributed by atoms with Crippen molar-refractivity contribution in [1.82, 2.24) is 0 Å². The number of Topliss-reactive ketones (excluding diaryl/α,β-unsaturated/α-hetero) is 1. The summed E-state index contributed by atoms with van der Waals surface area (Å²) in [7, 11) is -4.18. The highest BCUT2D eigenvalue weighted by molar-refractivity contribution is 7.86. The summed E-state index contributed by atoms with van der Waals surface area (Å²) in [5.41, 5.74) is 1.96. The minimum absolute atomic E-state index is 0.0272. The van der Waals surface area contributed by atoms with E-state index in [0.29, 0.717) is 11.1 Å². The maximum Gasteiger partial charge on any atom is 0.313 e. The van der Waals surface area contributed by atoms with Crippen LogP contribution in [0.15, 0.2) is 66.2 Å². The van der Waals surface area contributed by atoms with E-state index in [1.54, 1.807) is 54.6 Å². The smallest absolute Gasteiger partial charge is 0.313 e. The molecule has 0 saturated heterocycles. The molecule has 0 saturated carbocycles. The summed E-state index contributed by atoms with van der Waals surface area (Å²) < 4.78 is 49.8. The average Bonchev–Trinajstić information content (AvgIpc) is 2.92. The fourth-order valence-corrected chi connectivity index (χ4v) is 3.48. The second kappa shape index (κ2) is 6.60. The normalized spacial score (nSPS) is 18.4. The van der Waals surface area contributed by atoms with Crippen LogP contribution in [0.2, 0.25) is 2.82 Å². The standard InChI is InChI=1S/C18H17NO5S/c1-12-7-9-14(10-8-12)16-15(20)17(18(19)23-16)24-25(21,22)11-13-5-3-2-4-6-13/h2-10,16H,11,19H2,1H3/i/hD2. The first kappa shape index (κ1) is 14.5. The Kier molecular flexibility index (Phi) is 3.84. The third-order valence-corrected chi connectivity index (χ3v) is 4.77. The predicted molar refractivity (Wildman–Crippen MR) is 91.4 cm³/mol. The van der Waals surface area contributed by atoms with Crippen LogP contribution in [-0.4, -0.2) is 14.2 Å². The zero-order valence-corrected chi connectivity index (χ0v) is 14.2. The van der Waals surface area contributed by atoms with Crippen molar-refractivity contribution in [3.05, 3.63) is 82.9 Å². The molecule has 3 rings (SSSR count). The van der Waals surface area contributed by atoms with E-state index in [1.807, 2.05) is 6.92 Å². The minimum Gasteiger partial charge on any atom is -0.460 e. The number of rotatable bonds is 6. The highest BCUT2D eigenvalue weighted by Crippen LogP contribution is 2.32. The van der Waals surface area contributed by atoms with Gasteiger partial charge in [-0.25, -0.2) is 0 Å². The van der Waals surface area contributed by atoms with Gasteiger partial charge in [0, 0.05) is 5.56 Å². The number of ketones is 1. The fourth-order valence-electron chi connectivity index (χ4n) is 2.42. The third-order valence-electron chi connectivity index (χ3n) is 3.66. The van der Waals surface area contributed by atoms with E-state index < -0.39 is 39.4 Å². The minimum atomic E-state index is -4.18. The van der Waals surface area contributed by atoms with Crippen molar-refractivity contribution in [3.8, 4) is 0 Å². The summed E-state index contributed by atoms with van der Waals surface area (Å²) in [4.78, 5) is 12.7. The van der Waals surface area contributed by atoms with Gasteiger partial charge in [-0.1, -0.05) is 60.2 Å². The van der Waals surface area contributed by atoms with Gasteiger partial charge >= 0.3 is 10.1 Å². The third kappa shape index (κ3) is 3.83. The molecule has 0 amide bonds. The van der Waals surface area contributed by atoms with Crippen LogP contribution in [0.3, 0.4) is 0 Å². The van der Waals surface area contributed by atoms with Crippen LogP contribution in [0.25, 0.3) is 0 Å². The number of ether oxygens (including phenoxy) is 1. The fraction of sp³-hybridized carbons (Fsp3) is 0.167. The Hall–Kier alpha value is -2.80. The first-order chi connectivity index (χ1) is 12.8. The lowest BCUT2D eigenvalue weighted by molar-refractivity contribution is -0.123. The molecule has 0 aliphatic carbocycles. The Labute approximate surface area is 148 Å². The first-order valence-corrected chi connectivity index (χ1v) is 9.10. The first-order valence-electron chi connectivity index (χ1n) is 8.42. The van der Waals surface area contributed by atoms with E-state index in [1.165, 1.54) is 0 Å². The lowest BCUT2D eigenvalue weighted by Crippen LogP contribution is -2.16. The van der Waals surface area contributed by atoms with E-state index in [-0.39, 0.29) is 5.72 Å². The maximum absolute atomic E-state index is 12.7. The largest absolute Gasteiger partial charge is 0.460 e. The Morgan fingerprint density at radius 3 is 2.48 bits per heavy atom. The number of nitrogens with two attached hydrogens (primary N) is 1. The summed E-state index contributed by atoms with van der Waals surface area (Å²) in [5.74, 6) is -2.44. The van der Waals surface area contributed by atoms with Gasteiger partial charge in [0.2, 0.25) is 17.4 Å². The van der Waals surface area contributed by atoms with Crippen molar-refractivity contribution in [2.24, 2.45) is 5.72 Å². The number of carbonyl (C=O) groups is 1. The number of benzene rings is 2. The monoisotopic (exact) mass is 361 g/mol. The van der Waals surface area contributed by atoms with Crippen molar-refractivity contribution in [1.29, 1.82) is 0 Å². The summed E-state index contributed by atoms with van der Waals surface area (Å²) >= 11 is 0. The van der Waals surface area contributed by atoms with Gasteiger partial charge in [0.1, 0.15) is 5.75 Å². The van der Waals surface area contributed by atoms with Crippen LogP contribution in [0.1, 0.15) is 22.8 Å². The van der Waals surface area contributed by atoms with Gasteiger partial charge in [0.15, 0.2) is 8.93 Å². The molecule has 2 N–H and O–H groups in total. The average molecular weight is 361 g/mol. The zero-order chi connectivity index (χ0) is 19.6. The van der Waals surface area contributed by atoms with Crippen LogP contribution >= 0.6 is 0 Å². The molecule has 1 aliphatic heterocycles. The summed E-state index contributed by atoms with van der Waals surface area (Å²) in [6.45, 7) is 1.88. The molecule has 7 heteroatoms. The van der Waals surface area contributed by atoms with E-state index in [4.69, 9.17) is 11.7 Å². The number of carbonyl (C=O) groups excluding carboxylic acids is 1. The van der Waals surface area contributed by atoms with E-state index >= 15 is 0 Å². The zero-order valence-electron chi connectivity index (χ0n) is 15.4. The molecular formula is C18H17NO5S. The molecular weight excluding hydrogens is 342 g/mol. The molecule has 2 aromatic carbocycles. The lowest BCUT2D eigenvalue weighted by atomic mass is 10.0. The summed E-state index contributed by atoms with van der Waals surface area (Å²) in [6, 6.07) is 15.2. The highest BCUT2D eigenvalue weighted by Gasteiger charge is 2.39. The molecule has 0 bridgehead atoms. The van der Waals surface area contributed by atoms with Crippen LogP contribution in [-0.2, 0) is 29.6 Å². The summed E-state index contributed by atoms with van der Waals surface area (Å²) in [5, 5.41) is 0. The Bertz CT molecular complexity index is 973. The molecule has 25 heavy (non-hydrogen) atoms. The molecule has 1 atom stereocenters. The second-order valence-corrected chi connectivity index (χ2v) is 7.25. The Balaban J connectivity index is 1.86. The molecule has 2 aromatic rings. The van der Waals surface area contributed by atoms with Crippen molar-refractivity contribution >= 4 is 15.9 Å². The van der Waals surface area contributed by atoms with E-state index in [9.17, 15) is 13.2 Å². The van der Waals surface area contributed by atoms with Gasteiger partial charge in [-0.3, -0.25) is 4.79 Å². The van der Waals surface area contributed by atoms with Crippen LogP contribution in [0.5, 0.6) is 0 Å². The Morgan fingerprint density at radius 1 is 1.16 bits per heavy atom. The van der Waals surface area contributed by atoms with Crippen LogP contribution in [0.4, 0.5) is 0 Å². The highest BCUT2D eigenvalue weighted by atomic mass is 32.2. The van der Waals surface area contributed by atoms with Gasteiger partial charge in [-0.15, -0.1) is 0 Å². The molecule has 6 nitrogen and oxygen atoms in total. The summed E-state index contributed by atoms with van der Waals surface area (Å²) in [6.07, 6.45) is -1.17. The van der Waals surface area contributed by atoms with Crippen LogP contribution in [0, 0.1) is 6.92 Å². The van der Waals surface area contributed by atoms with Crippen molar-refractivity contribution in [2.45, 2.75) is 18.8 Å². The van der Waals surface area contributed by atoms with E-state index in [0.717, 1.165) is 5.56 Å². The second-order valence-electron chi connectivity index (χ2n) is 5.68. The van der Waals surface area contributed by atoms with Crippen molar-refractivity contribution < 1.29 is 25.0 Å². The number of hydrogen-bond donors (Lipinski definition) is 1. The van der Waals surface area contributed by atoms with E-state index in [2.05, 4.69) is 0 Å². The predicted octanol–water partition coefficient (Wildman–Crippen LogP) is 2.31. The molecule has 0 radical (unpaired) electrons. The van der Waals surface area contributed by atoms with Crippen molar-refractivity contribution in [3.63, 3.8) is 0 Å². The quantitative estimate of drug-likeness (QED) is 0.793. The SMILES string of the molecule is [2H]N([2H])C1=C(OS(=O)(=O)Cc2ccccc2)C(=O)C(c2ccc(C)cc2)O1. The van der Waals surface area contributed by atoms with Gasteiger partial charge in [-0.2, -0.15) is 8.42 Å². The number of hydrogen-bond acceptors (Lipinski definition) is 6. The maximum atomic E-state index is 12.7. The number of aryl methyl sites for hydroxylation is 1. The van der Waals surface area contributed by atoms with Gasteiger partial charge in [-0.05, 0) is 12.5 Å². The molecule has 0 fully saturated rings. The van der Waals surface area contributed by atoms with Gasteiger partial charge in [0.25, 0.3) is 0 Å². The van der Waals surface area contributed by atoms with Gasteiger partial charge in [0.05, 0.1) is 0 Å². The molecule has 1 unspecified atom stereocenters. The van der Waals surface area contributed by atoms with Gasteiger partial charge < -0.3 is 14.6 Å². The molecule has 1 heterocycles. The molecule has 130 valence electrons. The van der Waals surface area contributed by atoms with Crippen LogP contribution < -0.4 is 5.72 Å². The Morgan fingerprint density at radius 2 is 1.84 bits per heavy atom. The van der Waals surface area contributed by atoms with Crippen molar-refractivity contribution in [2.75, 3.05) is 0 Å². The molecule has 0 spiro atoms. The molecule has 1 aliphatic rings. The lowest BCUT2D eigenvalue weighted by Gasteiger charge is -2.10. The molecule has 0 aromatic heterocycles.